The van der Waals surface area contributed by atoms with Gasteiger partial charge in [-0.05, 0) is 45.4 Å². The zero-order valence-corrected chi connectivity index (χ0v) is 15.2. The molecule has 0 radical (unpaired) electrons. The first-order chi connectivity index (χ1) is 13.1. The molecule has 1 saturated heterocycles. The van der Waals surface area contributed by atoms with Gasteiger partial charge in [-0.2, -0.15) is 4.98 Å². The van der Waals surface area contributed by atoms with Crippen LogP contribution < -0.4 is 10.9 Å². The zero-order valence-electron chi connectivity index (χ0n) is 15.2. The summed E-state index contributed by atoms with van der Waals surface area (Å²) >= 11 is 0. The van der Waals surface area contributed by atoms with E-state index in [-0.39, 0.29) is 17.6 Å². The van der Waals surface area contributed by atoms with Gasteiger partial charge >= 0.3 is 0 Å². The number of para-hydroxylation sites is 2. The first-order valence-electron chi connectivity index (χ1n) is 9.23. The van der Waals surface area contributed by atoms with E-state index in [1.807, 2.05) is 42.5 Å². The van der Waals surface area contributed by atoms with E-state index >= 15 is 0 Å². The van der Waals surface area contributed by atoms with Crippen molar-refractivity contribution in [1.29, 1.82) is 0 Å². The highest BCUT2D eigenvalue weighted by atomic mass is 16.5. The first-order valence-corrected chi connectivity index (χ1v) is 9.23. The second-order valence-electron chi connectivity index (χ2n) is 7.17. The van der Waals surface area contributed by atoms with Gasteiger partial charge in [0.1, 0.15) is 17.5 Å². The van der Waals surface area contributed by atoms with Crippen LogP contribution in [0.4, 0.5) is 0 Å². The van der Waals surface area contributed by atoms with E-state index in [4.69, 9.17) is 4.52 Å². The van der Waals surface area contributed by atoms with Gasteiger partial charge in [-0.1, -0.05) is 17.3 Å². The maximum atomic E-state index is 13.3. The number of hydrogen-bond donors (Lipinski definition) is 1. The summed E-state index contributed by atoms with van der Waals surface area (Å²) in [4.78, 5) is 22.3. The van der Waals surface area contributed by atoms with Crippen LogP contribution in [0.25, 0.3) is 28.1 Å². The van der Waals surface area contributed by atoms with Gasteiger partial charge in [-0.3, -0.25) is 9.20 Å². The molecule has 5 rings (SSSR count). The Morgan fingerprint density at radius 3 is 2.81 bits per heavy atom. The number of imidazole rings is 1. The predicted octanol–water partition coefficient (Wildman–Crippen LogP) is 2.70. The highest BCUT2D eigenvalue weighted by Crippen LogP contribution is 2.26. The lowest BCUT2D eigenvalue weighted by molar-refractivity contribution is 0.345. The Hall–Kier alpha value is -3.00. The fourth-order valence-electron chi connectivity index (χ4n) is 3.88. The summed E-state index contributed by atoms with van der Waals surface area (Å²) in [5.74, 6) is 0.900. The van der Waals surface area contributed by atoms with Gasteiger partial charge in [0.15, 0.2) is 0 Å². The van der Waals surface area contributed by atoms with Crippen LogP contribution in [0.5, 0.6) is 0 Å². The normalized spacial score (nSPS) is 17.5. The second kappa shape index (κ2) is 6.02. The Balaban J connectivity index is 1.76. The topological polar surface area (TPSA) is 90.2 Å². The highest BCUT2D eigenvalue weighted by Gasteiger charge is 2.25. The van der Waals surface area contributed by atoms with Gasteiger partial charge in [0, 0.05) is 6.04 Å². The van der Waals surface area contributed by atoms with E-state index in [1.54, 1.807) is 10.9 Å². The van der Waals surface area contributed by atoms with Crippen molar-refractivity contribution in [3.05, 3.63) is 46.8 Å². The molecule has 1 aliphatic rings. The second-order valence-corrected chi connectivity index (χ2v) is 7.17. The van der Waals surface area contributed by atoms with E-state index in [1.165, 1.54) is 0 Å². The van der Waals surface area contributed by atoms with E-state index in [2.05, 4.69) is 20.4 Å². The van der Waals surface area contributed by atoms with Gasteiger partial charge < -0.3 is 14.4 Å². The number of nitrogens with one attached hydrogen (secondary N) is 1. The summed E-state index contributed by atoms with van der Waals surface area (Å²) < 4.78 is 9.05. The molecule has 1 N–H and O–H groups in total. The van der Waals surface area contributed by atoms with E-state index in [0.717, 1.165) is 30.4 Å². The van der Waals surface area contributed by atoms with Gasteiger partial charge in [0.2, 0.25) is 11.7 Å². The summed E-state index contributed by atoms with van der Waals surface area (Å²) in [6.07, 6.45) is 3.71. The van der Waals surface area contributed by atoms with Crippen molar-refractivity contribution in [2.24, 2.45) is 0 Å². The van der Waals surface area contributed by atoms with Crippen molar-refractivity contribution < 1.29 is 4.52 Å². The third-order valence-corrected chi connectivity index (χ3v) is 5.12. The average molecular weight is 364 g/mol. The molecule has 138 valence electrons. The molecule has 1 unspecified atom stereocenters. The van der Waals surface area contributed by atoms with E-state index in [0.29, 0.717) is 22.9 Å². The molecule has 1 aliphatic heterocycles. The Morgan fingerprint density at radius 2 is 2.07 bits per heavy atom. The van der Waals surface area contributed by atoms with Crippen molar-refractivity contribution in [3.63, 3.8) is 0 Å². The average Bonchev–Trinajstić information content (AvgIpc) is 3.40. The van der Waals surface area contributed by atoms with Crippen molar-refractivity contribution in [2.75, 3.05) is 6.54 Å². The molecular weight excluding hydrogens is 344 g/mol. The predicted molar refractivity (Wildman–Crippen MR) is 101 cm³/mol. The molecule has 0 bridgehead atoms. The molecule has 8 heteroatoms. The highest BCUT2D eigenvalue weighted by molar-refractivity contribution is 5.83. The van der Waals surface area contributed by atoms with Crippen LogP contribution in [0, 0.1) is 0 Å². The third-order valence-electron chi connectivity index (χ3n) is 5.12. The lowest BCUT2D eigenvalue weighted by Crippen LogP contribution is -2.24. The number of fused-ring (bicyclic) bond motifs is 3. The van der Waals surface area contributed by atoms with Gasteiger partial charge in [0.25, 0.3) is 5.56 Å². The summed E-state index contributed by atoms with van der Waals surface area (Å²) in [5.41, 5.74) is 2.60. The SMILES string of the molecule is CC(C)n1c(=O)c2c(-c3noc(C4CCCN4)n3)ncn2c2ccccc21. The first kappa shape index (κ1) is 16.2. The Morgan fingerprint density at radius 1 is 1.26 bits per heavy atom. The summed E-state index contributed by atoms with van der Waals surface area (Å²) in [6.45, 7) is 4.94. The Labute approximate surface area is 154 Å². The monoisotopic (exact) mass is 364 g/mol. The fraction of sp³-hybridized carbons (Fsp3) is 0.368. The van der Waals surface area contributed by atoms with Crippen LogP contribution in [-0.2, 0) is 0 Å². The van der Waals surface area contributed by atoms with Gasteiger partial charge in [-0.25, -0.2) is 4.98 Å². The number of aromatic nitrogens is 5. The lowest BCUT2D eigenvalue weighted by Gasteiger charge is -2.15. The van der Waals surface area contributed by atoms with Crippen molar-refractivity contribution >= 4 is 16.6 Å². The molecule has 0 spiro atoms. The largest absolute Gasteiger partial charge is 0.337 e. The van der Waals surface area contributed by atoms with Crippen LogP contribution in [0.1, 0.15) is 44.7 Å². The fourth-order valence-corrected chi connectivity index (χ4v) is 3.88. The molecule has 1 aromatic carbocycles. The molecule has 1 fully saturated rings. The van der Waals surface area contributed by atoms with Crippen LogP contribution in [0.2, 0.25) is 0 Å². The molecule has 0 saturated carbocycles. The van der Waals surface area contributed by atoms with Crippen molar-refractivity contribution in [2.45, 2.75) is 38.8 Å². The molecule has 3 aromatic heterocycles. The molecule has 8 nitrogen and oxygen atoms in total. The number of benzene rings is 1. The number of rotatable bonds is 3. The van der Waals surface area contributed by atoms with Crippen LogP contribution in [-0.4, -0.2) is 30.6 Å². The maximum Gasteiger partial charge on any atom is 0.278 e. The lowest BCUT2D eigenvalue weighted by atomic mass is 10.2. The smallest absolute Gasteiger partial charge is 0.278 e. The maximum absolute atomic E-state index is 13.3. The zero-order chi connectivity index (χ0) is 18.5. The standard InChI is InChI=1S/C19H20N6O2/c1-11(2)25-14-8-4-3-7-13(14)24-10-21-15(16(24)19(25)26)17-22-18(27-23-17)12-6-5-9-20-12/h3-4,7-8,10-12,20H,5-6,9H2,1-2H3. The summed E-state index contributed by atoms with van der Waals surface area (Å²) in [5, 5.41) is 7.44. The minimum absolute atomic E-state index is 0.0127. The number of hydrogen-bond acceptors (Lipinski definition) is 6. The Kier molecular flexibility index (Phi) is 3.61. The molecule has 1 atom stereocenters. The van der Waals surface area contributed by atoms with Crippen molar-refractivity contribution in [1.82, 2.24) is 29.4 Å². The minimum atomic E-state index is -0.110. The number of nitrogens with zero attached hydrogens (tertiary/aromatic N) is 5. The summed E-state index contributed by atoms with van der Waals surface area (Å²) in [7, 11) is 0. The molecule has 27 heavy (non-hydrogen) atoms. The molecule has 4 aromatic rings. The Bertz CT molecular complexity index is 1200. The van der Waals surface area contributed by atoms with Crippen LogP contribution >= 0.6 is 0 Å². The summed E-state index contributed by atoms with van der Waals surface area (Å²) in [6, 6.07) is 7.91. The van der Waals surface area contributed by atoms with E-state index < -0.39 is 0 Å². The minimum Gasteiger partial charge on any atom is -0.337 e. The molecular formula is C19H20N6O2. The van der Waals surface area contributed by atoms with Gasteiger partial charge in [-0.15, -0.1) is 0 Å². The quantitative estimate of drug-likeness (QED) is 0.601. The van der Waals surface area contributed by atoms with E-state index in [9.17, 15) is 4.79 Å². The molecule has 0 amide bonds. The molecule has 4 heterocycles. The molecule has 0 aliphatic carbocycles. The van der Waals surface area contributed by atoms with Crippen LogP contribution in [0.3, 0.4) is 0 Å². The van der Waals surface area contributed by atoms with Crippen LogP contribution in [0.15, 0.2) is 39.9 Å². The third kappa shape index (κ3) is 2.40. The van der Waals surface area contributed by atoms with Crippen molar-refractivity contribution in [3.8, 4) is 11.5 Å². The van der Waals surface area contributed by atoms with Gasteiger partial charge in [0.05, 0.1) is 17.1 Å².